The summed E-state index contributed by atoms with van der Waals surface area (Å²) in [5.74, 6) is -2.87. The van der Waals surface area contributed by atoms with Gasteiger partial charge in [-0.3, -0.25) is 9.59 Å². The molecular weight excluding hydrogens is 327 g/mol. The second-order valence-corrected chi connectivity index (χ2v) is 6.43. The number of halogens is 1. The van der Waals surface area contributed by atoms with Gasteiger partial charge >= 0.3 is 5.97 Å². The average molecular weight is 344 g/mol. The largest absolute Gasteiger partial charge is 0.465 e. The van der Waals surface area contributed by atoms with Crippen molar-refractivity contribution in [3.63, 3.8) is 0 Å². The molecule has 0 unspecified atom stereocenters. The van der Waals surface area contributed by atoms with Gasteiger partial charge in [0.2, 0.25) is 0 Å². The molecule has 1 aliphatic rings. The second-order valence-electron chi connectivity index (χ2n) is 5.65. The van der Waals surface area contributed by atoms with E-state index in [1.807, 2.05) is 16.8 Å². The number of allylic oxidation sites excluding steroid dienone is 2. The molecule has 3 rings (SSSR count). The molecule has 1 aromatic heterocycles. The summed E-state index contributed by atoms with van der Waals surface area (Å²) in [5.41, 5.74) is 2.15. The summed E-state index contributed by atoms with van der Waals surface area (Å²) in [6.07, 6.45) is 1.92. The van der Waals surface area contributed by atoms with Crippen LogP contribution in [0.15, 0.2) is 47.2 Å². The number of carbonyl (C=O) groups is 2. The molecule has 1 aliphatic carbocycles. The van der Waals surface area contributed by atoms with Crippen LogP contribution in [0.1, 0.15) is 30.4 Å². The Hall–Kier alpha value is -2.27. The van der Waals surface area contributed by atoms with Gasteiger partial charge in [-0.15, -0.1) is 0 Å². The van der Waals surface area contributed by atoms with E-state index in [1.54, 1.807) is 25.1 Å². The van der Waals surface area contributed by atoms with Gasteiger partial charge in [0.15, 0.2) is 5.78 Å². The Morgan fingerprint density at radius 3 is 2.79 bits per heavy atom. The molecular formula is C19H17FO3S. The van der Waals surface area contributed by atoms with Crippen molar-refractivity contribution in [2.45, 2.75) is 19.3 Å². The summed E-state index contributed by atoms with van der Waals surface area (Å²) in [6, 6.07) is 8.22. The molecule has 2 atom stereocenters. The van der Waals surface area contributed by atoms with Gasteiger partial charge < -0.3 is 4.74 Å². The SMILES string of the molecule is CCOC(=O)[C@@H]1C(=O)C=C(c2ccsc2)C[C@@H]1c1ccccc1F. The van der Waals surface area contributed by atoms with Crippen LogP contribution in [-0.2, 0) is 14.3 Å². The highest BCUT2D eigenvalue weighted by Gasteiger charge is 2.40. The monoisotopic (exact) mass is 344 g/mol. The topological polar surface area (TPSA) is 43.4 Å². The summed E-state index contributed by atoms with van der Waals surface area (Å²) in [5, 5.41) is 3.87. The Morgan fingerprint density at radius 2 is 2.12 bits per heavy atom. The number of esters is 1. The van der Waals surface area contributed by atoms with Gasteiger partial charge in [0, 0.05) is 5.92 Å². The molecule has 0 fully saturated rings. The van der Waals surface area contributed by atoms with E-state index in [2.05, 4.69) is 0 Å². The number of hydrogen-bond donors (Lipinski definition) is 0. The van der Waals surface area contributed by atoms with Crippen LogP contribution in [0.25, 0.3) is 5.57 Å². The quantitative estimate of drug-likeness (QED) is 0.616. The van der Waals surface area contributed by atoms with E-state index in [-0.39, 0.29) is 12.4 Å². The maximum Gasteiger partial charge on any atom is 0.317 e. The lowest BCUT2D eigenvalue weighted by atomic mass is 9.74. The highest BCUT2D eigenvalue weighted by Crippen LogP contribution is 2.41. The van der Waals surface area contributed by atoms with Crippen LogP contribution in [0.4, 0.5) is 4.39 Å². The number of ether oxygens (including phenoxy) is 1. The average Bonchev–Trinajstić information content (AvgIpc) is 3.09. The van der Waals surface area contributed by atoms with Gasteiger partial charge in [-0.1, -0.05) is 18.2 Å². The van der Waals surface area contributed by atoms with Crippen molar-refractivity contribution in [1.29, 1.82) is 0 Å². The number of ketones is 1. The third-order valence-electron chi connectivity index (χ3n) is 4.20. The number of thiophene rings is 1. The van der Waals surface area contributed by atoms with Gasteiger partial charge in [-0.2, -0.15) is 11.3 Å². The van der Waals surface area contributed by atoms with Crippen molar-refractivity contribution in [2.24, 2.45) is 5.92 Å². The molecule has 24 heavy (non-hydrogen) atoms. The Morgan fingerprint density at radius 1 is 1.33 bits per heavy atom. The first-order valence-electron chi connectivity index (χ1n) is 7.80. The van der Waals surface area contributed by atoms with Crippen LogP contribution in [-0.4, -0.2) is 18.4 Å². The summed E-state index contributed by atoms with van der Waals surface area (Å²) in [6.45, 7) is 1.88. The van der Waals surface area contributed by atoms with Crippen molar-refractivity contribution in [2.75, 3.05) is 6.61 Å². The lowest BCUT2D eigenvalue weighted by molar-refractivity contribution is -0.151. The smallest absolute Gasteiger partial charge is 0.317 e. The minimum atomic E-state index is -0.996. The van der Waals surface area contributed by atoms with Gasteiger partial charge in [0.25, 0.3) is 0 Å². The Bertz CT molecular complexity index is 780. The Balaban J connectivity index is 2.04. The number of carbonyl (C=O) groups excluding carboxylic acids is 2. The molecule has 5 heteroatoms. The van der Waals surface area contributed by atoms with E-state index in [0.29, 0.717) is 12.0 Å². The normalized spacial score (nSPS) is 20.6. The molecule has 0 saturated carbocycles. The van der Waals surface area contributed by atoms with Crippen molar-refractivity contribution in [3.05, 3.63) is 64.1 Å². The molecule has 2 aromatic rings. The van der Waals surface area contributed by atoms with Gasteiger partial charge in [0.1, 0.15) is 11.7 Å². The number of hydrogen-bond acceptors (Lipinski definition) is 4. The van der Waals surface area contributed by atoms with E-state index < -0.39 is 23.6 Å². The Kier molecular flexibility index (Phi) is 4.90. The molecule has 0 saturated heterocycles. The van der Waals surface area contributed by atoms with Crippen molar-refractivity contribution in [3.8, 4) is 0 Å². The van der Waals surface area contributed by atoms with Gasteiger partial charge in [0.05, 0.1) is 6.61 Å². The Labute approximate surface area is 143 Å². The fraction of sp³-hybridized carbons (Fsp3) is 0.263. The lowest BCUT2D eigenvalue weighted by Crippen LogP contribution is -2.34. The molecule has 0 radical (unpaired) electrons. The minimum Gasteiger partial charge on any atom is -0.465 e. The van der Waals surface area contributed by atoms with Crippen LogP contribution in [0.5, 0.6) is 0 Å². The van der Waals surface area contributed by atoms with E-state index in [9.17, 15) is 14.0 Å². The summed E-state index contributed by atoms with van der Waals surface area (Å²) in [4.78, 5) is 24.9. The zero-order chi connectivity index (χ0) is 17.1. The maximum absolute atomic E-state index is 14.3. The fourth-order valence-electron chi connectivity index (χ4n) is 3.10. The molecule has 0 spiro atoms. The molecule has 124 valence electrons. The zero-order valence-electron chi connectivity index (χ0n) is 13.2. The molecule has 0 amide bonds. The fourth-order valence-corrected chi connectivity index (χ4v) is 3.78. The molecule has 0 N–H and O–H groups in total. The summed E-state index contributed by atoms with van der Waals surface area (Å²) in [7, 11) is 0. The van der Waals surface area contributed by atoms with E-state index >= 15 is 0 Å². The molecule has 1 heterocycles. The molecule has 0 bridgehead atoms. The van der Waals surface area contributed by atoms with E-state index in [4.69, 9.17) is 4.74 Å². The molecule has 0 aliphatic heterocycles. The third-order valence-corrected chi connectivity index (χ3v) is 4.89. The minimum absolute atomic E-state index is 0.188. The lowest BCUT2D eigenvalue weighted by Gasteiger charge is -2.29. The highest BCUT2D eigenvalue weighted by molar-refractivity contribution is 7.08. The van der Waals surface area contributed by atoms with E-state index in [0.717, 1.165) is 11.1 Å². The van der Waals surface area contributed by atoms with Crippen molar-refractivity contribution in [1.82, 2.24) is 0 Å². The summed E-state index contributed by atoms with van der Waals surface area (Å²) < 4.78 is 19.4. The van der Waals surface area contributed by atoms with Gasteiger partial charge in [-0.05, 0) is 59.0 Å². The third kappa shape index (κ3) is 3.17. The van der Waals surface area contributed by atoms with Crippen LogP contribution >= 0.6 is 11.3 Å². The first kappa shape index (κ1) is 16.6. The van der Waals surface area contributed by atoms with Crippen LogP contribution in [0, 0.1) is 11.7 Å². The maximum atomic E-state index is 14.3. The van der Waals surface area contributed by atoms with Crippen LogP contribution in [0.3, 0.4) is 0 Å². The molecule has 1 aromatic carbocycles. The van der Waals surface area contributed by atoms with Crippen LogP contribution in [0.2, 0.25) is 0 Å². The van der Waals surface area contributed by atoms with Crippen molar-refractivity contribution < 1.29 is 18.7 Å². The predicted molar refractivity (Wildman–Crippen MR) is 91.2 cm³/mol. The number of benzene rings is 1. The van der Waals surface area contributed by atoms with Crippen LogP contribution < -0.4 is 0 Å². The predicted octanol–water partition coefficient (Wildman–Crippen LogP) is 4.21. The first-order valence-corrected chi connectivity index (χ1v) is 8.74. The van der Waals surface area contributed by atoms with Crippen molar-refractivity contribution >= 4 is 28.7 Å². The highest BCUT2D eigenvalue weighted by atomic mass is 32.1. The van der Waals surface area contributed by atoms with Gasteiger partial charge in [-0.25, -0.2) is 4.39 Å². The summed E-state index contributed by atoms with van der Waals surface area (Å²) >= 11 is 1.53. The molecule has 3 nitrogen and oxygen atoms in total. The zero-order valence-corrected chi connectivity index (χ0v) is 14.0. The number of rotatable bonds is 4. The standard InChI is InChI=1S/C19H17FO3S/c1-2-23-19(22)18-15(14-5-3-4-6-16(14)20)9-13(10-17(18)21)12-7-8-24-11-12/h3-8,10-11,15,18H,2,9H2,1H3/t15-,18+/m1/s1. The second kappa shape index (κ2) is 7.09. The van der Waals surface area contributed by atoms with E-state index in [1.165, 1.54) is 23.5 Å². The first-order chi connectivity index (χ1) is 11.6.